The van der Waals surface area contributed by atoms with Crippen LogP contribution in [0.3, 0.4) is 0 Å². The Morgan fingerprint density at radius 1 is 1.19 bits per heavy atom. The topological polar surface area (TPSA) is 41.1 Å². The molecule has 0 spiro atoms. The predicted molar refractivity (Wildman–Crippen MR) is 85.4 cm³/mol. The van der Waals surface area contributed by atoms with Crippen LogP contribution in [0.15, 0.2) is 24.3 Å². The van der Waals surface area contributed by atoms with Gasteiger partial charge in [-0.3, -0.25) is 0 Å². The van der Waals surface area contributed by atoms with Gasteiger partial charge < -0.3 is 10.2 Å². The molecule has 0 bridgehead atoms. The second-order valence-electron chi connectivity index (χ2n) is 5.93. The maximum atomic E-state index is 4.90. The number of benzene rings is 1. The van der Waals surface area contributed by atoms with Gasteiger partial charge in [0.05, 0.1) is 0 Å². The summed E-state index contributed by atoms with van der Waals surface area (Å²) in [5, 5.41) is 3.23. The molecule has 2 aliphatic rings. The monoisotopic (exact) mass is 280 g/mol. The van der Waals surface area contributed by atoms with E-state index >= 15 is 0 Å². The molecule has 0 amide bonds. The maximum absolute atomic E-state index is 4.90. The van der Waals surface area contributed by atoms with Crippen LogP contribution in [-0.2, 0) is 6.42 Å². The second-order valence-corrected chi connectivity index (χ2v) is 5.93. The molecule has 108 valence electrons. The average Bonchev–Trinajstić information content (AvgIpc) is 3.27. The van der Waals surface area contributed by atoms with E-state index < -0.39 is 0 Å². The van der Waals surface area contributed by atoms with Crippen LogP contribution in [0.4, 0.5) is 17.3 Å². The summed E-state index contributed by atoms with van der Waals surface area (Å²) in [4.78, 5) is 11.9. The van der Waals surface area contributed by atoms with Gasteiger partial charge in [0, 0.05) is 30.8 Å². The van der Waals surface area contributed by atoms with Crippen LogP contribution in [0.25, 0.3) is 0 Å². The first-order valence-corrected chi connectivity index (χ1v) is 7.69. The van der Waals surface area contributed by atoms with Crippen LogP contribution in [0.5, 0.6) is 0 Å². The highest BCUT2D eigenvalue weighted by molar-refractivity contribution is 5.72. The third-order valence-electron chi connectivity index (χ3n) is 4.46. The molecule has 1 aromatic heterocycles. The zero-order chi connectivity index (χ0) is 14.4. The molecule has 1 aliphatic carbocycles. The number of rotatable bonds is 3. The van der Waals surface area contributed by atoms with E-state index in [1.165, 1.54) is 24.1 Å². The van der Waals surface area contributed by atoms with Crippen molar-refractivity contribution in [3.05, 3.63) is 41.2 Å². The molecule has 4 nitrogen and oxygen atoms in total. The molecule has 0 unspecified atom stereocenters. The number of fused-ring (bicyclic) bond motifs is 1. The highest BCUT2D eigenvalue weighted by Crippen LogP contribution is 2.42. The fourth-order valence-electron chi connectivity index (χ4n) is 3.11. The maximum Gasteiger partial charge on any atom is 0.141 e. The van der Waals surface area contributed by atoms with E-state index in [-0.39, 0.29) is 0 Å². The van der Waals surface area contributed by atoms with Crippen LogP contribution in [0.1, 0.15) is 35.7 Å². The van der Waals surface area contributed by atoms with Crippen molar-refractivity contribution in [2.75, 3.05) is 23.8 Å². The molecular weight excluding hydrogens is 260 g/mol. The summed E-state index contributed by atoms with van der Waals surface area (Å²) in [5.74, 6) is 3.60. The van der Waals surface area contributed by atoms with Gasteiger partial charge in [-0.25, -0.2) is 9.97 Å². The fraction of sp³-hybridized carbons (Fsp3) is 0.412. The van der Waals surface area contributed by atoms with Gasteiger partial charge in [-0.15, -0.1) is 0 Å². The number of hydrogen-bond donors (Lipinski definition) is 1. The van der Waals surface area contributed by atoms with Gasteiger partial charge >= 0.3 is 0 Å². The van der Waals surface area contributed by atoms with Crippen molar-refractivity contribution in [2.24, 2.45) is 0 Å². The number of nitrogens with zero attached hydrogens (tertiary/aromatic N) is 3. The van der Waals surface area contributed by atoms with E-state index in [4.69, 9.17) is 9.97 Å². The molecule has 1 aromatic carbocycles. The fourth-order valence-corrected chi connectivity index (χ4v) is 3.11. The lowest BCUT2D eigenvalue weighted by atomic mass is 10.2. The molecule has 0 saturated heterocycles. The van der Waals surface area contributed by atoms with Crippen LogP contribution in [0, 0.1) is 6.92 Å². The summed E-state index contributed by atoms with van der Waals surface area (Å²) in [5.41, 5.74) is 3.84. The smallest absolute Gasteiger partial charge is 0.141 e. The first-order valence-electron chi connectivity index (χ1n) is 7.69. The number of aromatic nitrogens is 2. The van der Waals surface area contributed by atoms with Crippen LogP contribution in [0.2, 0.25) is 0 Å². The van der Waals surface area contributed by atoms with Gasteiger partial charge in [-0.1, -0.05) is 18.2 Å². The van der Waals surface area contributed by atoms with Crippen molar-refractivity contribution in [1.82, 2.24) is 9.97 Å². The third kappa shape index (κ3) is 2.06. The van der Waals surface area contributed by atoms with E-state index in [1.54, 1.807) is 0 Å². The van der Waals surface area contributed by atoms with Gasteiger partial charge in [0.2, 0.25) is 0 Å². The highest BCUT2D eigenvalue weighted by Gasteiger charge is 2.30. The Morgan fingerprint density at radius 2 is 2.00 bits per heavy atom. The summed E-state index contributed by atoms with van der Waals surface area (Å²) >= 11 is 0. The van der Waals surface area contributed by atoms with E-state index in [0.717, 1.165) is 36.0 Å². The predicted octanol–water partition coefficient (Wildman–Crippen LogP) is 3.40. The lowest BCUT2D eigenvalue weighted by Gasteiger charge is -2.22. The molecule has 21 heavy (non-hydrogen) atoms. The van der Waals surface area contributed by atoms with Crippen molar-refractivity contribution < 1.29 is 0 Å². The molecule has 1 aliphatic heterocycles. The minimum absolute atomic E-state index is 0.564. The van der Waals surface area contributed by atoms with Crippen molar-refractivity contribution >= 4 is 17.3 Å². The van der Waals surface area contributed by atoms with E-state index in [9.17, 15) is 0 Å². The van der Waals surface area contributed by atoms with Gasteiger partial charge in [0.15, 0.2) is 0 Å². The Labute approximate surface area is 125 Å². The number of hydrogen-bond acceptors (Lipinski definition) is 4. The zero-order valence-corrected chi connectivity index (χ0v) is 12.6. The molecule has 4 heteroatoms. The quantitative estimate of drug-likeness (QED) is 0.935. The normalized spacial score (nSPS) is 17.0. The lowest BCUT2D eigenvalue weighted by molar-refractivity contribution is 0.885. The van der Waals surface area contributed by atoms with Crippen molar-refractivity contribution in [1.29, 1.82) is 0 Å². The standard InChI is InChI=1S/C17H20N4/c1-11-15(18-2)19-16(13-7-8-13)20-17(11)21-10-9-12-5-3-4-6-14(12)21/h3-6,13H,7-10H2,1-2H3,(H,18,19,20). The van der Waals surface area contributed by atoms with Crippen LogP contribution >= 0.6 is 0 Å². The molecule has 2 aromatic rings. The van der Waals surface area contributed by atoms with Crippen molar-refractivity contribution in [2.45, 2.75) is 32.1 Å². The Kier molecular flexibility index (Phi) is 2.84. The van der Waals surface area contributed by atoms with Gasteiger partial charge in [0.25, 0.3) is 0 Å². The van der Waals surface area contributed by atoms with Crippen LogP contribution < -0.4 is 10.2 Å². The van der Waals surface area contributed by atoms with Crippen LogP contribution in [-0.4, -0.2) is 23.6 Å². The average molecular weight is 280 g/mol. The number of para-hydroxylation sites is 1. The number of anilines is 3. The van der Waals surface area contributed by atoms with Gasteiger partial charge in [0.1, 0.15) is 17.5 Å². The summed E-state index contributed by atoms with van der Waals surface area (Å²) < 4.78 is 0. The molecule has 1 fully saturated rings. The summed E-state index contributed by atoms with van der Waals surface area (Å²) in [6, 6.07) is 8.63. The molecule has 4 rings (SSSR count). The molecular formula is C17H20N4. The van der Waals surface area contributed by atoms with Gasteiger partial charge in [-0.05, 0) is 37.8 Å². The summed E-state index contributed by atoms with van der Waals surface area (Å²) in [6.07, 6.45) is 3.54. The Bertz CT molecular complexity index is 691. The summed E-state index contributed by atoms with van der Waals surface area (Å²) in [6.45, 7) is 3.11. The van der Waals surface area contributed by atoms with Gasteiger partial charge in [-0.2, -0.15) is 0 Å². The Hall–Kier alpha value is -2.10. The Morgan fingerprint density at radius 3 is 2.76 bits per heavy atom. The molecule has 1 N–H and O–H groups in total. The largest absolute Gasteiger partial charge is 0.373 e. The lowest BCUT2D eigenvalue weighted by Crippen LogP contribution is -2.18. The zero-order valence-electron chi connectivity index (χ0n) is 12.6. The van der Waals surface area contributed by atoms with E-state index in [2.05, 4.69) is 41.4 Å². The second kappa shape index (κ2) is 4.72. The molecule has 0 radical (unpaired) electrons. The minimum Gasteiger partial charge on any atom is -0.373 e. The highest BCUT2D eigenvalue weighted by atomic mass is 15.2. The molecule has 2 heterocycles. The van der Waals surface area contributed by atoms with E-state index in [0.29, 0.717) is 5.92 Å². The third-order valence-corrected chi connectivity index (χ3v) is 4.46. The first kappa shape index (κ1) is 12.6. The SMILES string of the molecule is CNc1nc(C2CC2)nc(N2CCc3ccccc32)c1C. The van der Waals surface area contributed by atoms with E-state index in [1.807, 2.05) is 7.05 Å². The van der Waals surface area contributed by atoms with Crippen molar-refractivity contribution in [3.63, 3.8) is 0 Å². The molecule has 1 saturated carbocycles. The Balaban J connectivity index is 1.83. The molecule has 0 atom stereocenters. The van der Waals surface area contributed by atoms with Crippen molar-refractivity contribution in [3.8, 4) is 0 Å². The first-order chi connectivity index (χ1) is 10.3. The minimum atomic E-state index is 0.564. The summed E-state index contributed by atoms with van der Waals surface area (Å²) in [7, 11) is 1.94. The number of nitrogens with one attached hydrogen (secondary N) is 1.